The number of hydrogen-bond donors (Lipinski definition) is 2. The Morgan fingerprint density at radius 1 is 0.800 bits per heavy atom. The molecule has 0 spiro atoms. The first kappa shape index (κ1) is 22.8. The number of aryl methyl sites for hydroxylation is 1. The highest BCUT2D eigenvalue weighted by Gasteiger charge is 2.15. The minimum absolute atomic E-state index is 0.109. The molecule has 8 heteroatoms. The molecule has 35 heavy (non-hydrogen) atoms. The molecule has 174 valence electrons. The molecule has 0 aliphatic heterocycles. The van der Waals surface area contributed by atoms with Crippen LogP contribution in [0.15, 0.2) is 102 Å². The number of halogens is 1. The number of nitrogens with zero attached hydrogens (tertiary/aromatic N) is 2. The van der Waals surface area contributed by atoms with Gasteiger partial charge < -0.3 is 5.32 Å². The van der Waals surface area contributed by atoms with E-state index in [4.69, 9.17) is 11.6 Å². The predicted molar refractivity (Wildman–Crippen MR) is 142 cm³/mol. The Bertz CT molecular complexity index is 1630. The van der Waals surface area contributed by atoms with E-state index in [9.17, 15) is 8.42 Å². The lowest BCUT2D eigenvalue weighted by Gasteiger charge is -2.11. The maximum atomic E-state index is 12.7. The van der Waals surface area contributed by atoms with Gasteiger partial charge in [0.1, 0.15) is 12.1 Å². The molecule has 1 aromatic heterocycles. The van der Waals surface area contributed by atoms with E-state index in [0.29, 0.717) is 16.5 Å². The third-order valence-electron chi connectivity index (χ3n) is 5.60. The summed E-state index contributed by atoms with van der Waals surface area (Å²) in [7, 11) is -3.75. The van der Waals surface area contributed by atoms with Gasteiger partial charge in [-0.15, -0.1) is 0 Å². The number of benzene rings is 4. The summed E-state index contributed by atoms with van der Waals surface area (Å²) in [5.74, 6) is 0.630. The summed E-state index contributed by atoms with van der Waals surface area (Å²) in [6.45, 7) is 1.82. The van der Waals surface area contributed by atoms with Crippen molar-refractivity contribution in [1.82, 2.24) is 9.97 Å². The number of nitrogens with one attached hydrogen (secondary N) is 2. The molecule has 1 heterocycles. The summed E-state index contributed by atoms with van der Waals surface area (Å²) in [6.07, 6.45) is 1.52. The second-order valence-electron chi connectivity index (χ2n) is 8.03. The van der Waals surface area contributed by atoms with Crippen molar-refractivity contribution < 1.29 is 8.42 Å². The van der Waals surface area contributed by atoms with Crippen LogP contribution in [0.3, 0.4) is 0 Å². The van der Waals surface area contributed by atoms with Crippen LogP contribution in [0.25, 0.3) is 22.0 Å². The lowest BCUT2D eigenvalue weighted by Crippen LogP contribution is -2.13. The van der Waals surface area contributed by atoms with E-state index >= 15 is 0 Å². The van der Waals surface area contributed by atoms with Gasteiger partial charge in [-0.2, -0.15) is 0 Å². The number of fused-ring (bicyclic) bond motifs is 1. The highest BCUT2D eigenvalue weighted by molar-refractivity contribution is 7.92. The van der Waals surface area contributed by atoms with Crippen molar-refractivity contribution in [1.29, 1.82) is 0 Å². The van der Waals surface area contributed by atoms with Gasteiger partial charge in [-0.3, -0.25) is 4.72 Å². The third-order valence-corrected chi connectivity index (χ3v) is 7.38. The molecule has 0 aliphatic rings. The molecule has 0 atom stereocenters. The molecule has 0 bridgehead atoms. The van der Waals surface area contributed by atoms with Gasteiger partial charge >= 0.3 is 0 Å². The Morgan fingerprint density at radius 3 is 2.34 bits per heavy atom. The summed E-state index contributed by atoms with van der Waals surface area (Å²) in [5.41, 5.74) is 3.84. The molecule has 0 radical (unpaired) electrons. The van der Waals surface area contributed by atoms with Crippen molar-refractivity contribution in [3.05, 3.63) is 108 Å². The molecule has 5 rings (SSSR count). The van der Waals surface area contributed by atoms with Crippen LogP contribution in [0, 0.1) is 6.92 Å². The fraction of sp³-hybridized carbons (Fsp3) is 0.0370. The first-order valence-corrected chi connectivity index (χ1v) is 12.7. The van der Waals surface area contributed by atoms with Crippen LogP contribution in [0.4, 0.5) is 17.2 Å². The first-order valence-electron chi connectivity index (χ1n) is 10.9. The van der Waals surface area contributed by atoms with E-state index < -0.39 is 10.0 Å². The minimum atomic E-state index is -3.75. The summed E-state index contributed by atoms with van der Waals surface area (Å²) in [4.78, 5) is 8.90. The normalized spacial score (nSPS) is 11.4. The van der Waals surface area contributed by atoms with Crippen molar-refractivity contribution in [3.8, 4) is 11.3 Å². The van der Waals surface area contributed by atoms with Crippen molar-refractivity contribution in [2.45, 2.75) is 11.8 Å². The van der Waals surface area contributed by atoms with Crippen LogP contribution in [0.1, 0.15) is 5.56 Å². The van der Waals surface area contributed by atoms with Gasteiger partial charge in [-0.1, -0.05) is 60.1 Å². The molecule has 0 saturated carbocycles. The molecular formula is C27H21ClN4O2S. The van der Waals surface area contributed by atoms with Crippen LogP contribution in [-0.4, -0.2) is 18.4 Å². The summed E-state index contributed by atoms with van der Waals surface area (Å²) in [5, 5.41) is 5.91. The Labute approximate surface area is 208 Å². The van der Waals surface area contributed by atoms with Crippen LogP contribution < -0.4 is 10.0 Å². The van der Waals surface area contributed by atoms with E-state index in [1.165, 1.54) is 18.5 Å². The fourth-order valence-electron chi connectivity index (χ4n) is 3.75. The van der Waals surface area contributed by atoms with Gasteiger partial charge in [0.05, 0.1) is 10.6 Å². The Balaban J connectivity index is 1.34. The molecule has 5 aromatic rings. The van der Waals surface area contributed by atoms with Gasteiger partial charge in [0.15, 0.2) is 0 Å². The summed E-state index contributed by atoms with van der Waals surface area (Å²) in [6, 6.07) is 27.7. The lowest BCUT2D eigenvalue weighted by molar-refractivity contribution is 0.601. The van der Waals surface area contributed by atoms with Gasteiger partial charge in [-0.25, -0.2) is 18.4 Å². The average molecular weight is 501 g/mol. The van der Waals surface area contributed by atoms with Gasteiger partial charge in [0.25, 0.3) is 10.0 Å². The van der Waals surface area contributed by atoms with Crippen LogP contribution in [0.5, 0.6) is 0 Å². The predicted octanol–water partition coefficient (Wildman–Crippen LogP) is 6.80. The zero-order chi connectivity index (χ0) is 24.4. The highest BCUT2D eigenvalue weighted by Crippen LogP contribution is 2.29. The third kappa shape index (κ3) is 4.96. The standard InChI is InChI=1S/C27H21ClN4O2S/c1-18-9-14-22(15-25(18)28)35(33,34)32-21-12-10-20(11-13-21)31-27-16-26(29-17-30-27)24-8-4-6-19-5-2-3-7-23(19)24/h2-17,32H,1H3,(H,29,30,31). The largest absolute Gasteiger partial charge is 0.340 e. The van der Waals surface area contributed by atoms with Gasteiger partial charge in [0.2, 0.25) is 0 Å². The topological polar surface area (TPSA) is 84.0 Å². The zero-order valence-electron chi connectivity index (χ0n) is 18.7. The Hall–Kier alpha value is -3.94. The molecule has 2 N–H and O–H groups in total. The molecule has 0 amide bonds. The number of sulfonamides is 1. The first-order chi connectivity index (χ1) is 16.9. The van der Waals surface area contributed by atoms with E-state index in [0.717, 1.165) is 33.3 Å². The van der Waals surface area contributed by atoms with Crippen molar-refractivity contribution in [2.75, 3.05) is 10.0 Å². The second kappa shape index (κ2) is 9.37. The number of aromatic nitrogens is 2. The van der Waals surface area contributed by atoms with E-state index in [2.05, 4.69) is 38.2 Å². The monoisotopic (exact) mass is 500 g/mol. The molecule has 0 unspecified atom stereocenters. The number of hydrogen-bond acceptors (Lipinski definition) is 5. The summed E-state index contributed by atoms with van der Waals surface area (Å²) >= 11 is 6.09. The smallest absolute Gasteiger partial charge is 0.261 e. The molecule has 0 aliphatic carbocycles. The maximum absolute atomic E-state index is 12.7. The molecule has 4 aromatic carbocycles. The molecular weight excluding hydrogens is 480 g/mol. The summed E-state index contributed by atoms with van der Waals surface area (Å²) < 4.78 is 28.0. The lowest BCUT2D eigenvalue weighted by atomic mass is 10.0. The van der Waals surface area contributed by atoms with E-state index in [1.54, 1.807) is 30.3 Å². The average Bonchev–Trinajstić information content (AvgIpc) is 2.86. The molecule has 6 nitrogen and oxygen atoms in total. The zero-order valence-corrected chi connectivity index (χ0v) is 20.3. The van der Waals surface area contributed by atoms with Crippen molar-refractivity contribution in [3.63, 3.8) is 0 Å². The van der Waals surface area contributed by atoms with Gasteiger partial charge in [0, 0.05) is 28.0 Å². The number of rotatable bonds is 6. The molecule has 0 saturated heterocycles. The van der Waals surface area contributed by atoms with Crippen LogP contribution in [0.2, 0.25) is 5.02 Å². The van der Waals surface area contributed by atoms with Crippen molar-refractivity contribution in [2.24, 2.45) is 0 Å². The fourth-order valence-corrected chi connectivity index (χ4v) is 5.08. The van der Waals surface area contributed by atoms with Crippen LogP contribution >= 0.6 is 11.6 Å². The quantitative estimate of drug-likeness (QED) is 0.268. The van der Waals surface area contributed by atoms with Gasteiger partial charge in [-0.05, 0) is 59.7 Å². The maximum Gasteiger partial charge on any atom is 0.261 e. The van der Waals surface area contributed by atoms with E-state index in [-0.39, 0.29) is 4.90 Å². The number of anilines is 3. The Morgan fingerprint density at radius 2 is 1.54 bits per heavy atom. The van der Waals surface area contributed by atoms with E-state index in [1.807, 2.05) is 37.3 Å². The van der Waals surface area contributed by atoms with Crippen molar-refractivity contribution >= 4 is 49.6 Å². The van der Waals surface area contributed by atoms with Crippen LogP contribution in [-0.2, 0) is 10.0 Å². The second-order valence-corrected chi connectivity index (χ2v) is 10.1. The highest BCUT2D eigenvalue weighted by atomic mass is 35.5. The SMILES string of the molecule is Cc1ccc(S(=O)(=O)Nc2ccc(Nc3cc(-c4cccc5ccccc45)ncn3)cc2)cc1Cl. The molecule has 0 fully saturated rings. The minimum Gasteiger partial charge on any atom is -0.340 e. The Kier molecular flexibility index (Phi) is 6.11.